The number of rotatable bonds is 4. The molecule has 0 N–H and O–H groups in total. The van der Waals surface area contributed by atoms with E-state index in [9.17, 15) is 0 Å². The van der Waals surface area contributed by atoms with Gasteiger partial charge in [0.25, 0.3) is 0 Å². The highest BCUT2D eigenvalue weighted by Crippen LogP contribution is 2.33. The standard InChI is InChI=1S/C21H23N/c1-17(22-16-18-10-4-2-5-11-18)20-14-8-9-15-21(20)19-12-6-3-7-13-19/h2-7,10-13H,8-9,14-16H2,1H3. The number of aliphatic imine (C=N–C) groups is 1. The van der Waals surface area contributed by atoms with E-state index >= 15 is 0 Å². The Hall–Kier alpha value is -2.15. The minimum absolute atomic E-state index is 0.776. The Bertz CT molecular complexity index is 666. The van der Waals surface area contributed by atoms with Crippen LogP contribution in [-0.4, -0.2) is 5.71 Å². The van der Waals surface area contributed by atoms with Crippen molar-refractivity contribution in [1.29, 1.82) is 0 Å². The first kappa shape index (κ1) is 14.8. The highest BCUT2D eigenvalue weighted by molar-refractivity contribution is 6.05. The molecule has 3 rings (SSSR count). The lowest BCUT2D eigenvalue weighted by Gasteiger charge is -2.21. The Morgan fingerprint density at radius 1 is 0.864 bits per heavy atom. The Morgan fingerprint density at radius 3 is 2.23 bits per heavy atom. The Kier molecular flexibility index (Phi) is 4.85. The van der Waals surface area contributed by atoms with Gasteiger partial charge >= 0.3 is 0 Å². The third-order valence-electron chi connectivity index (χ3n) is 4.37. The summed E-state index contributed by atoms with van der Waals surface area (Å²) >= 11 is 0. The van der Waals surface area contributed by atoms with Crippen molar-refractivity contribution in [2.24, 2.45) is 4.99 Å². The molecule has 0 aliphatic heterocycles. The van der Waals surface area contributed by atoms with Gasteiger partial charge < -0.3 is 0 Å². The summed E-state index contributed by atoms with van der Waals surface area (Å²) in [6.45, 7) is 2.95. The second kappa shape index (κ2) is 7.22. The summed E-state index contributed by atoms with van der Waals surface area (Å²) in [5.41, 5.74) is 6.82. The third kappa shape index (κ3) is 3.54. The van der Waals surface area contributed by atoms with Gasteiger partial charge in [0.15, 0.2) is 0 Å². The number of hydrogen-bond acceptors (Lipinski definition) is 1. The SMILES string of the molecule is CC(=NCc1ccccc1)C1=C(c2ccccc2)CCCC1. The minimum atomic E-state index is 0.776. The topological polar surface area (TPSA) is 12.4 Å². The molecule has 2 aromatic rings. The van der Waals surface area contributed by atoms with Crippen molar-refractivity contribution in [2.45, 2.75) is 39.2 Å². The van der Waals surface area contributed by atoms with Gasteiger partial charge in [-0.2, -0.15) is 0 Å². The van der Waals surface area contributed by atoms with Gasteiger partial charge in [0.1, 0.15) is 0 Å². The van der Waals surface area contributed by atoms with Crippen LogP contribution in [0.4, 0.5) is 0 Å². The van der Waals surface area contributed by atoms with Crippen LogP contribution in [0.2, 0.25) is 0 Å². The van der Waals surface area contributed by atoms with E-state index in [4.69, 9.17) is 4.99 Å². The smallest absolute Gasteiger partial charge is 0.0643 e. The first-order valence-corrected chi connectivity index (χ1v) is 8.17. The molecule has 0 unspecified atom stereocenters. The van der Waals surface area contributed by atoms with Crippen molar-refractivity contribution in [2.75, 3.05) is 0 Å². The van der Waals surface area contributed by atoms with Gasteiger partial charge in [-0.1, -0.05) is 60.7 Å². The van der Waals surface area contributed by atoms with Gasteiger partial charge in [-0.25, -0.2) is 0 Å². The third-order valence-corrected chi connectivity index (χ3v) is 4.37. The summed E-state index contributed by atoms with van der Waals surface area (Å²) in [5, 5.41) is 0. The lowest BCUT2D eigenvalue weighted by Crippen LogP contribution is -2.07. The molecule has 0 saturated carbocycles. The van der Waals surface area contributed by atoms with E-state index in [1.807, 2.05) is 0 Å². The van der Waals surface area contributed by atoms with Gasteiger partial charge in [0.2, 0.25) is 0 Å². The second-order valence-electron chi connectivity index (χ2n) is 5.92. The first-order valence-electron chi connectivity index (χ1n) is 8.17. The van der Waals surface area contributed by atoms with Crippen LogP contribution in [0, 0.1) is 0 Å². The van der Waals surface area contributed by atoms with Crippen LogP contribution in [-0.2, 0) is 6.54 Å². The summed E-state index contributed by atoms with van der Waals surface area (Å²) in [4.78, 5) is 4.85. The van der Waals surface area contributed by atoms with E-state index in [-0.39, 0.29) is 0 Å². The Morgan fingerprint density at radius 2 is 1.50 bits per heavy atom. The van der Waals surface area contributed by atoms with E-state index in [1.165, 1.54) is 47.2 Å². The molecule has 0 fully saturated rings. The van der Waals surface area contributed by atoms with Crippen LogP contribution in [0.3, 0.4) is 0 Å². The maximum absolute atomic E-state index is 4.85. The molecule has 0 atom stereocenters. The maximum atomic E-state index is 4.85. The van der Waals surface area contributed by atoms with E-state index in [0.29, 0.717) is 0 Å². The summed E-state index contributed by atoms with van der Waals surface area (Å²) in [6.07, 6.45) is 4.91. The molecule has 0 radical (unpaired) electrons. The predicted molar refractivity (Wildman–Crippen MR) is 95.1 cm³/mol. The highest BCUT2D eigenvalue weighted by Gasteiger charge is 2.16. The fourth-order valence-corrected chi connectivity index (χ4v) is 3.15. The zero-order chi connectivity index (χ0) is 15.2. The van der Waals surface area contributed by atoms with Crippen molar-refractivity contribution in [3.05, 3.63) is 77.4 Å². The molecule has 0 saturated heterocycles. The number of hydrogen-bond donors (Lipinski definition) is 0. The van der Waals surface area contributed by atoms with E-state index < -0.39 is 0 Å². The number of allylic oxidation sites excluding steroid dienone is 2. The monoisotopic (exact) mass is 289 g/mol. The van der Waals surface area contributed by atoms with E-state index in [0.717, 1.165) is 13.0 Å². The highest BCUT2D eigenvalue weighted by atomic mass is 14.7. The lowest BCUT2D eigenvalue weighted by atomic mass is 9.85. The maximum Gasteiger partial charge on any atom is 0.0643 e. The molecule has 112 valence electrons. The van der Waals surface area contributed by atoms with Gasteiger partial charge in [0.05, 0.1) is 6.54 Å². The first-order chi connectivity index (χ1) is 10.8. The molecular formula is C21H23N. The van der Waals surface area contributed by atoms with Gasteiger partial charge in [-0.3, -0.25) is 4.99 Å². The molecule has 2 aromatic carbocycles. The summed E-state index contributed by atoms with van der Waals surface area (Å²) in [5.74, 6) is 0. The van der Waals surface area contributed by atoms with E-state index in [1.54, 1.807) is 0 Å². The van der Waals surface area contributed by atoms with Crippen molar-refractivity contribution in [3.63, 3.8) is 0 Å². The minimum Gasteiger partial charge on any atom is -0.285 e. The van der Waals surface area contributed by atoms with Crippen LogP contribution < -0.4 is 0 Å². The van der Waals surface area contributed by atoms with Crippen LogP contribution in [0.25, 0.3) is 5.57 Å². The van der Waals surface area contributed by atoms with Crippen molar-refractivity contribution in [3.8, 4) is 0 Å². The fourth-order valence-electron chi connectivity index (χ4n) is 3.15. The quantitative estimate of drug-likeness (QED) is 0.642. The molecule has 1 nitrogen and oxygen atoms in total. The molecule has 0 amide bonds. The largest absolute Gasteiger partial charge is 0.285 e. The van der Waals surface area contributed by atoms with Crippen molar-refractivity contribution < 1.29 is 0 Å². The molecule has 0 bridgehead atoms. The lowest BCUT2D eigenvalue weighted by molar-refractivity contribution is 0.728. The van der Waals surface area contributed by atoms with Gasteiger partial charge in [-0.15, -0.1) is 0 Å². The predicted octanol–water partition coefficient (Wildman–Crippen LogP) is 5.68. The van der Waals surface area contributed by atoms with Crippen LogP contribution in [0.15, 0.2) is 71.2 Å². The summed E-state index contributed by atoms with van der Waals surface area (Å²) in [6, 6.07) is 21.3. The molecule has 1 aliphatic carbocycles. The second-order valence-corrected chi connectivity index (χ2v) is 5.92. The molecule has 0 spiro atoms. The van der Waals surface area contributed by atoms with Crippen LogP contribution in [0.5, 0.6) is 0 Å². The number of nitrogens with zero attached hydrogens (tertiary/aromatic N) is 1. The van der Waals surface area contributed by atoms with Gasteiger partial charge in [0, 0.05) is 5.71 Å². The fraction of sp³-hybridized carbons (Fsp3) is 0.286. The number of benzene rings is 2. The average Bonchev–Trinajstić information content (AvgIpc) is 2.61. The molecule has 1 heteroatoms. The Balaban J connectivity index is 1.87. The normalized spacial score (nSPS) is 16.0. The van der Waals surface area contributed by atoms with Crippen molar-refractivity contribution in [1.82, 2.24) is 0 Å². The summed E-state index contributed by atoms with van der Waals surface area (Å²) < 4.78 is 0. The van der Waals surface area contributed by atoms with Crippen LogP contribution in [0.1, 0.15) is 43.7 Å². The zero-order valence-electron chi connectivity index (χ0n) is 13.3. The Labute approximate surface area is 133 Å². The molecular weight excluding hydrogens is 266 g/mol. The molecule has 0 aromatic heterocycles. The zero-order valence-corrected chi connectivity index (χ0v) is 13.3. The molecule has 0 heterocycles. The molecule has 1 aliphatic rings. The van der Waals surface area contributed by atoms with Crippen molar-refractivity contribution >= 4 is 11.3 Å². The summed E-state index contributed by atoms with van der Waals surface area (Å²) in [7, 11) is 0. The van der Waals surface area contributed by atoms with E-state index in [2.05, 4.69) is 67.6 Å². The van der Waals surface area contributed by atoms with Gasteiger partial charge in [-0.05, 0) is 54.9 Å². The van der Waals surface area contributed by atoms with Crippen LogP contribution >= 0.6 is 0 Å². The average molecular weight is 289 g/mol. The molecule has 22 heavy (non-hydrogen) atoms.